The maximum Gasteiger partial charge on any atom is 0.408 e. The van der Waals surface area contributed by atoms with Crippen molar-refractivity contribution >= 4 is 44.7 Å². The van der Waals surface area contributed by atoms with E-state index in [0.29, 0.717) is 53.6 Å². The number of carbonyl (C=O) groups is 4. The van der Waals surface area contributed by atoms with E-state index in [1.165, 1.54) is 12.0 Å². The predicted molar refractivity (Wildman–Crippen MR) is 218 cm³/mol. The highest BCUT2D eigenvalue weighted by atomic mass is 32.2. The molecule has 2 aliphatic carbocycles. The van der Waals surface area contributed by atoms with Crippen LogP contribution in [0.1, 0.15) is 129 Å². The number of methoxy groups -OCH3 is 1. The van der Waals surface area contributed by atoms with E-state index >= 15 is 4.39 Å². The molecule has 3 aliphatic heterocycles. The van der Waals surface area contributed by atoms with Crippen LogP contribution in [0.25, 0.3) is 10.9 Å². The molecule has 322 valence electrons. The van der Waals surface area contributed by atoms with Crippen LogP contribution in [0, 0.1) is 11.8 Å². The molecule has 2 aromatic rings. The minimum absolute atomic E-state index is 0.0187. The molecule has 7 atom stereocenters. The first-order chi connectivity index (χ1) is 27.8. The number of amides is 4. The molecule has 1 aromatic carbocycles. The molecule has 0 bridgehead atoms. The third-order valence-electron chi connectivity index (χ3n) is 13.1. The molecule has 16 heteroatoms. The molecular weight excluding hydrogens is 782 g/mol. The van der Waals surface area contributed by atoms with Crippen LogP contribution in [0.15, 0.2) is 30.4 Å². The quantitative estimate of drug-likeness (QED) is 0.266. The zero-order chi connectivity index (χ0) is 42.7. The third kappa shape index (κ3) is 8.22. The van der Waals surface area contributed by atoms with Crippen LogP contribution in [0.5, 0.6) is 11.5 Å². The lowest BCUT2D eigenvalue weighted by atomic mass is 9.85. The van der Waals surface area contributed by atoms with Gasteiger partial charge in [0.2, 0.25) is 21.8 Å². The van der Waals surface area contributed by atoms with Gasteiger partial charge < -0.3 is 29.7 Å². The number of nitrogens with zero attached hydrogens (tertiary/aromatic N) is 2. The minimum atomic E-state index is -4.04. The Bertz CT molecular complexity index is 2160. The molecule has 2 saturated carbocycles. The summed E-state index contributed by atoms with van der Waals surface area (Å²) >= 11 is 0. The second-order valence-corrected chi connectivity index (χ2v) is 20.4. The largest absolute Gasteiger partial charge is 0.497 e. The molecule has 3 N–H and O–H groups in total. The minimum Gasteiger partial charge on any atom is -0.497 e. The smallest absolute Gasteiger partial charge is 0.408 e. The summed E-state index contributed by atoms with van der Waals surface area (Å²) < 4.78 is 62.7. The first-order valence-corrected chi connectivity index (χ1v) is 22.5. The lowest BCUT2D eigenvalue weighted by Gasteiger charge is -2.39. The van der Waals surface area contributed by atoms with Gasteiger partial charge in [-0.25, -0.2) is 22.6 Å². The monoisotopic (exact) mass is 839 g/mol. The Balaban J connectivity index is 1.27. The van der Waals surface area contributed by atoms with Crippen molar-refractivity contribution in [1.29, 1.82) is 0 Å². The average Bonchev–Trinajstić information content (AvgIpc) is 4.07. The van der Waals surface area contributed by atoms with Crippen molar-refractivity contribution in [1.82, 2.24) is 25.2 Å². The Morgan fingerprint density at radius 1 is 1.07 bits per heavy atom. The first kappa shape index (κ1) is 42.6. The fourth-order valence-electron chi connectivity index (χ4n) is 8.58. The summed E-state index contributed by atoms with van der Waals surface area (Å²) in [4.78, 5) is 63.1. The van der Waals surface area contributed by atoms with Gasteiger partial charge in [-0.2, -0.15) is 0 Å². The SMILES string of the molecule is COc1ccc2nc(C(C)C)c3c(c2c1)[C@H](F)C[C@]1(C[C@H]2C(=O)N[C@]4(C(=O)NS(=O)(=O)C5(C)CC5)C[C@H]4/C=C\CCCCC[C@H](NC(=O)O[C@@H](C)C(C)C)C(=O)N2C1)O3. The number of hydrogen-bond donors (Lipinski definition) is 3. The molecule has 4 amide bonds. The molecule has 1 spiro atoms. The number of nitrogens with one attached hydrogen (secondary N) is 3. The molecule has 14 nitrogen and oxygen atoms in total. The fourth-order valence-corrected chi connectivity index (χ4v) is 9.89. The molecular formula is C43H58FN5O9S. The van der Waals surface area contributed by atoms with Gasteiger partial charge in [0.1, 0.15) is 47.0 Å². The third-order valence-corrected chi connectivity index (χ3v) is 15.2. The highest BCUT2D eigenvalue weighted by Crippen LogP contribution is 2.53. The number of halogens is 1. The Morgan fingerprint density at radius 3 is 2.49 bits per heavy atom. The summed E-state index contributed by atoms with van der Waals surface area (Å²) in [7, 11) is -2.52. The maximum atomic E-state index is 17.1. The van der Waals surface area contributed by atoms with E-state index in [-0.39, 0.29) is 49.8 Å². The summed E-state index contributed by atoms with van der Waals surface area (Å²) in [5.41, 5.74) is -1.59. The number of ether oxygens (including phenoxy) is 3. The lowest BCUT2D eigenvalue weighted by Crippen LogP contribution is -2.58. The second-order valence-electron chi connectivity index (χ2n) is 18.2. The van der Waals surface area contributed by atoms with Crippen LogP contribution in [0.2, 0.25) is 0 Å². The van der Waals surface area contributed by atoms with Crippen molar-refractivity contribution in [2.75, 3.05) is 13.7 Å². The van der Waals surface area contributed by atoms with Gasteiger partial charge >= 0.3 is 6.09 Å². The van der Waals surface area contributed by atoms with E-state index in [1.54, 1.807) is 32.0 Å². The van der Waals surface area contributed by atoms with Gasteiger partial charge in [0.15, 0.2) is 0 Å². The van der Waals surface area contributed by atoms with E-state index in [1.807, 2.05) is 39.8 Å². The lowest BCUT2D eigenvalue weighted by molar-refractivity contribution is -0.141. The zero-order valence-corrected chi connectivity index (χ0v) is 35.9. The summed E-state index contributed by atoms with van der Waals surface area (Å²) in [5, 5.41) is 6.19. The van der Waals surface area contributed by atoms with Crippen LogP contribution < -0.4 is 24.8 Å². The summed E-state index contributed by atoms with van der Waals surface area (Å²) in [6.07, 6.45) is 4.55. The molecule has 0 radical (unpaired) electrons. The van der Waals surface area contributed by atoms with E-state index in [4.69, 9.17) is 19.2 Å². The number of pyridine rings is 1. The highest BCUT2D eigenvalue weighted by Gasteiger charge is 2.64. The topological polar surface area (TPSA) is 182 Å². The fraction of sp³-hybridized carbons (Fsp3) is 0.651. The number of benzene rings is 1. The van der Waals surface area contributed by atoms with Crippen LogP contribution in [-0.2, 0) is 29.1 Å². The highest BCUT2D eigenvalue weighted by molar-refractivity contribution is 7.91. The van der Waals surface area contributed by atoms with E-state index in [0.717, 1.165) is 12.8 Å². The number of carbonyl (C=O) groups excluding carboxylic acids is 4. The normalized spacial score (nSPS) is 30.2. The van der Waals surface area contributed by atoms with E-state index in [2.05, 4.69) is 15.4 Å². The van der Waals surface area contributed by atoms with Gasteiger partial charge in [-0.05, 0) is 82.4 Å². The molecule has 4 heterocycles. The van der Waals surface area contributed by atoms with Gasteiger partial charge in [0, 0.05) is 29.7 Å². The molecule has 1 aromatic heterocycles. The van der Waals surface area contributed by atoms with Crippen molar-refractivity contribution in [3.8, 4) is 11.5 Å². The Morgan fingerprint density at radius 2 is 1.81 bits per heavy atom. The molecule has 5 aliphatic rings. The average molecular weight is 840 g/mol. The van der Waals surface area contributed by atoms with E-state index in [9.17, 15) is 27.6 Å². The van der Waals surface area contributed by atoms with Gasteiger partial charge in [0.25, 0.3) is 5.91 Å². The number of rotatable bonds is 8. The van der Waals surface area contributed by atoms with Gasteiger partial charge in [-0.1, -0.05) is 52.7 Å². The van der Waals surface area contributed by atoms with Crippen molar-refractivity contribution < 1.29 is 46.2 Å². The predicted octanol–water partition coefficient (Wildman–Crippen LogP) is 6.03. The van der Waals surface area contributed by atoms with Gasteiger partial charge in [0.05, 0.1) is 29.6 Å². The van der Waals surface area contributed by atoms with Gasteiger partial charge in [-0.15, -0.1) is 0 Å². The summed E-state index contributed by atoms with van der Waals surface area (Å²) in [6.45, 7) is 10.8. The standard InChI is InChI=1S/C43H58FN5O9S/c1-24(2)26(5)57-40(53)46-32-14-12-10-8-9-11-13-27-20-43(27,39(52)48-59(54,55)41(6)17-18-41)47-37(50)33-22-42(23-49(33)38(32)51)21-30(44)34-29-19-28(56-7)15-16-31(29)45-35(25(3)4)36(34)58-42/h11,13,15-16,19,24-27,30,32-33H,8-10,12,14,17-18,20-23H2,1-7H3,(H,46,53)(H,47,50)(H,48,52)/b13-11-/t26-,27+,30+,32-,33-,42+,43+/m0/s1. The Kier molecular flexibility index (Phi) is 11.5. The number of alkyl halides is 1. The van der Waals surface area contributed by atoms with Crippen molar-refractivity contribution in [3.63, 3.8) is 0 Å². The summed E-state index contributed by atoms with van der Waals surface area (Å²) in [6, 6.07) is 2.88. The van der Waals surface area contributed by atoms with Crippen LogP contribution in [0.4, 0.5) is 9.18 Å². The molecule has 7 rings (SSSR count). The van der Waals surface area contributed by atoms with Crippen LogP contribution in [0.3, 0.4) is 0 Å². The first-order valence-electron chi connectivity index (χ1n) is 21.0. The van der Waals surface area contributed by atoms with Crippen molar-refractivity contribution in [3.05, 3.63) is 41.6 Å². The number of hydrogen-bond acceptors (Lipinski definition) is 10. The zero-order valence-electron chi connectivity index (χ0n) is 35.1. The Labute approximate surface area is 345 Å². The second kappa shape index (κ2) is 15.9. The van der Waals surface area contributed by atoms with Crippen LogP contribution in [-0.4, -0.2) is 89.8 Å². The number of sulfonamides is 1. The number of alkyl carbamates (subject to hydrolysis) is 1. The molecule has 1 saturated heterocycles. The molecule has 0 unspecified atom stereocenters. The van der Waals surface area contributed by atoms with Crippen molar-refractivity contribution in [2.24, 2.45) is 11.8 Å². The molecule has 3 fully saturated rings. The molecule has 59 heavy (non-hydrogen) atoms. The van der Waals surface area contributed by atoms with Crippen molar-refractivity contribution in [2.45, 2.75) is 152 Å². The van der Waals surface area contributed by atoms with Gasteiger partial charge in [-0.3, -0.25) is 19.1 Å². The van der Waals surface area contributed by atoms with Crippen LogP contribution >= 0.6 is 0 Å². The van der Waals surface area contributed by atoms with E-state index < -0.39 is 80.0 Å². The number of aromatic nitrogens is 1. The maximum absolute atomic E-state index is 17.1. The number of allylic oxidation sites excluding steroid dienone is 1. The Hall–Kier alpha value is -4.47. The number of fused-ring (bicyclic) bond motifs is 5. The summed E-state index contributed by atoms with van der Waals surface area (Å²) in [5.74, 6) is -2.02.